The number of halogens is 3. The number of hydrogen-bond donors (Lipinski definition) is 4. The van der Waals surface area contributed by atoms with E-state index in [4.69, 9.17) is 9.84 Å². The van der Waals surface area contributed by atoms with Gasteiger partial charge >= 0.3 is 0 Å². The summed E-state index contributed by atoms with van der Waals surface area (Å²) >= 11 is 0. The van der Waals surface area contributed by atoms with Crippen LogP contribution in [0.3, 0.4) is 0 Å². The molecule has 1 saturated heterocycles. The van der Waals surface area contributed by atoms with Crippen LogP contribution in [0.5, 0.6) is 0 Å². The Morgan fingerprint density at radius 2 is 1.92 bits per heavy atom. The van der Waals surface area contributed by atoms with Crippen LogP contribution in [-0.4, -0.2) is 76.0 Å². The maximum Gasteiger partial charge on any atom is 0.292 e. The molecule has 1 aliphatic heterocycles. The second kappa shape index (κ2) is 7.34. The van der Waals surface area contributed by atoms with E-state index in [9.17, 15) is 28.5 Å². The minimum atomic E-state index is -1.67. The van der Waals surface area contributed by atoms with E-state index in [-0.39, 0.29) is 12.6 Å². The number of benzene rings is 1. The molecular weight excluding hydrogens is 333 g/mol. The van der Waals surface area contributed by atoms with Crippen LogP contribution in [0.2, 0.25) is 0 Å². The fraction of sp³-hybridized carbons (Fsp3) is 0.500. The minimum Gasteiger partial charge on any atom is -0.457 e. The lowest BCUT2D eigenvalue weighted by molar-refractivity contribution is -0.106. The SMILES string of the molecule is CN1CC([C@@H](O)[C@H](O)[C@H](O)CO)OC1=Nc1ccc(F)c(F)c1F. The summed E-state index contributed by atoms with van der Waals surface area (Å²) in [5, 5.41) is 37.7. The lowest BCUT2D eigenvalue weighted by atomic mass is 10.0. The number of nitrogens with zero attached hydrogens (tertiary/aromatic N) is 2. The predicted molar refractivity (Wildman–Crippen MR) is 76.0 cm³/mol. The molecule has 4 N–H and O–H groups in total. The summed E-state index contributed by atoms with van der Waals surface area (Å²) < 4.78 is 45.0. The molecule has 1 unspecified atom stereocenters. The second-order valence-electron chi connectivity index (χ2n) is 5.36. The molecule has 1 aromatic carbocycles. The third kappa shape index (κ3) is 3.61. The lowest BCUT2D eigenvalue weighted by Gasteiger charge is -2.24. The van der Waals surface area contributed by atoms with Crippen LogP contribution >= 0.6 is 0 Å². The Labute approximate surface area is 135 Å². The number of aliphatic imine (C=N–C) groups is 1. The Balaban J connectivity index is 2.18. The summed E-state index contributed by atoms with van der Waals surface area (Å²) in [6.07, 6.45) is -5.83. The van der Waals surface area contributed by atoms with Crippen LogP contribution in [0, 0.1) is 17.5 Å². The highest BCUT2D eigenvalue weighted by Crippen LogP contribution is 2.25. The van der Waals surface area contributed by atoms with Crippen molar-refractivity contribution in [2.45, 2.75) is 24.4 Å². The number of aliphatic hydroxyl groups excluding tert-OH is 4. The van der Waals surface area contributed by atoms with Crippen molar-refractivity contribution in [3.63, 3.8) is 0 Å². The molecule has 134 valence electrons. The van der Waals surface area contributed by atoms with E-state index in [1.165, 1.54) is 11.9 Å². The summed E-state index contributed by atoms with van der Waals surface area (Å²) in [5.74, 6) is -4.51. The molecule has 0 aliphatic carbocycles. The Hall–Kier alpha value is -1.88. The first-order valence-corrected chi connectivity index (χ1v) is 7.01. The van der Waals surface area contributed by atoms with E-state index in [0.29, 0.717) is 6.07 Å². The van der Waals surface area contributed by atoms with E-state index in [0.717, 1.165) is 6.07 Å². The molecule has 4 atom stereocenters. The third-order valence-corrected chi connectivity index (χ3v) is 3.58. The van der Waals surface area contributed by atoms with Crippen LogP contribution in [0.15, 0.2) is 17.1 Å². The van der Waals surface area contributed by atoms with Gasteiger partial charge in [-0.05, 0) is 12.1 Å². The topological polar surface area (TPSA) is 106 Å². The van der Waals surface area contributed by atoms with Crippen molar-refractivity contribution in [3.05, 3.63) is 29.6 Å². The van der Waals surface area contributed by atoms with Crippen LogP contribution in [-0.2, 0) is 4.74 Å². The van der Waals surface area contributed by atoms with E-state index in [1.807, 2.05) is 0 Å². The van der Waals surface area contributed by atoms with E-state index in [1.54, 1.807) is 0 Å². The van der Waals surface area contributed by atoms with Crippen molar-refractivity contribution in [3.8, 4) is 0 Å². The molecule has 0 radical (unpaired) electrons. The highest BCUT2D eigenvalue weighted by atomic mass is 19.2. The molecule has 10 heteroatoms. The van der Waals surface area contributed by atoms with E-state index >= 15 is 0 Å². The summed E-state index contributed by atoms with van der Waals surface area (Å²) in [7, 11) is 1.48. The van der Waals surface area contributed by atoms with Gasteiger partial charge in [0.2, 0.25) is 0 Å². The van der Waals surface area contributed by atoms with Crippen LogP contribution in [0.4, 0.5) is 18.9 Å². The summed E-state index contributed by atoms with van der Waals surface area (Å²) in [6, 6.07) is 1.45. The first kappa shape index (κ1) is 18.5. The molecular formula is C14H17F3N2O5. The number of hydrogen-bond acceptors (Lipinski definition) is 6. The number of amidine groups is 1. The Kier molecular flexibility index (Phi) is 5.65. The number of ether oxygens (including phenoxy) is 1. The smallest absolute Gasteiger partial charge is 0.292 e. The van der Waals surface area contributed by atoms with Crippen molar-refractivity contribution in [1.29, 1.82) is 0 Å². The average molecular weight is 350 g/mol. The Morgan fingerprint density at radius 1 is 1.25 bits per heavy atom. The van der Waals surface area contributed by atoms with Crippen molar-refractivity contribution in [2.75, 3.05) is 20.2 Å². The number of rotatable bonds is 5. The van der Waals surface area contributed by atoms with Gasteiger partial charge in [0.05, 0.1) is 13.2 Å². The molecule has 0 aromatic heterocycles. The van der Waals surface area contributed by atoms with E-state index in [2.05, 4.69) is 4.99 Å². The van der Waals surface area contributed by atoms with Crippen molar-refractivity contribution in [2.24, 2.45) is 4.99 Å². The monoisotopic (exact) mass is 350 g/mol. The summed E-state index contributed by atoms with van der Waals surface area (Å²) in [6.45, 7) is -0.734. The van der Waals surface area contributed by atoms with Gasteiger partial charge in [0.1, 0.15) is 30.1 Å². The van der Waals surface area contributed by atoms with Crippen LogP contribution < -0.4 is 0 Å². The van der Waals surface area contributed by atoms with Crippen LogP contribution in [0.25, 0.3) is 0 Å². The first-order chi connectivity index (χ1) is 11.3. The molecule has 24 heavy (non-hydrogen) atoms. The summed E-state index contributed by atoms with van der Waals surface area (Å²) in [5.41, 5.74) is -0.498. The van der Waals surface area contributed by atoms with E-state index < -0.39 is 54.2 Å². The molecule has 0 amide bonds. The normalized spacial score (nSPS) is 23.2. The van der Waals surface area contributed by atoms with Gasteiger partial charge < -0.3 is 30.1 Å². The quantitative estimate of drug-likeness (QED) is 0.534. The van der Waals surface area contributed by atoms with Gasteiger partial charge in [0.15, 0.2) is 17.5 Å². The van der Waals surface area contributed by atoms with Gasteiger partial charge in [0.25, 0.3) is 6.02 Å². The highest BCUT2D eigenvalue weighted by Gasteiger charge is 2.38. The predicted octanol–water partition coefficient (Wildman–Crippen LogP) is -0.503. The van der Waals surface area contributed by atoms with Gasteiger partial charge in [-0.15, -0.1) is 0 Å². The number of likely N-dealkylation sites (N-methyl/N-ethyl adjacent to an activating group) is 1. The fourth-order valence-electron chi connectivity index (χ4n) is 2.16. The van der Waals surface area contributed by atoms with Gasteiger partial charge in [-0.25, -0.2) is 13.2 Å². The van der Waals surface area contributed by atoms with Gasteiger partial charge in [0, 0.05) is 7.05 Å². The maximum atomic E-state index is 13.6. The lowest BCUT2D eigenvalue weighted by Crippen LogP contribution is -2.47. The van der Waals surface area contributed by atoms with Crippen molar-refractivity contribution >= 4 is 11.7 Å². The zero-order valence-corrected chi connectivity index (χ0v) is 12.6. The van der Waals surface area contributed by atoms with Crippen molar-refractivity contribution < 1.29 is 38.3 Å². The molecule has 0 saturated carbocycles. The Morgan fingerprint density at radius 3 is 2.54 bits per heavy atom. The molecule has 7 nitrogen and oxygen atoms in total. The van der Waals surface area contributed by atoms with Gasteiger partial charge in [-0.3, -0.25) is 0 Å². The molecule has 0 spiro atoms. The number of aliphatic hydroxyl groups is 4. The molecule has 2 rings (SSSR count). The van der Waals surface area contributed by atoms with Crippen molar-refractivity contribution in [1.82, 2.24) is 4.90 Å². The standard InChI is InChI=1S/C14H17F3N2O5/c1-19-4-9(13(23)12(22)8(21)5-20)24-14(19)18-7-3-2-6(15)10(16)11(7)17/h2-3,8-9,12-13,20-23H,4-5H2,1H3/t8-,9?,12-,13-/m1/s1. The highest BCUT2D eigenvalue weighted by molar-refractivity contribution is 5.79. The first-order valence-electron chi connectivity index (χ1n) is 7.01. The minimum absolute atomic E-state index is 0.0283. The maximum absolute atomic E-state index is 13.6. The largest absolute Gasteiger partial charge is 0.457 e. The zero-order valence-electron chi connectivity index (χ0n) is 12.6. The zero-order chi connectivity index (χ0) is 18.0. The molecule has 0 bridgehead atoms. The third-order valence-electron chi connectivity index (χ3n) is 3.58. The molecule has 1 aliphatic rings. The Bertz CT molecular complexity index is 631. The second-order valence-corrected chi connectivity index (χ2v) is 5.36. The fourth-order valence-corrected chi connectivity index (χ4v) is 2.16. The van der Waals surface area contributed by atoms with Gasteiger partial charge in [-0.2, -0.15) is 4.99 Å². The average Bonchev–Trinajstić information content (AvgIpc) is 2.94. The van der Waals surface area contributed by atoms with Crippen LogP contribution in [0.1, 0.15) is 0 Å². The molecule has 1 aromatic rings. The molecule has 1 heterocycles. The van der Waals surface area contributed by atoms with Gasteiger partial charge in [-0.1, -0.05) is 0 Å². The molecule has 1 fully saturated rings. The summed E-state index contributed by atoms with van der Waals surface area (Å²) in [4.78, 5) is 5.09.